The van der Waals surface area contributed by atoms with Crippen LogP contribution in [-0.2, 0) is 16.6 Å². The second kappa shape index (κ2) is 9.68. The number of sulfonamides is 1. The maximum Gasteiger partial charge on any atom is 0.254 e. The molecule has 1 atom stereocenters. The molecule has 33 heavy (non-hydrogen) atoms. The van der Waals surface area contributed by atoms with Crippen molar-refractivity contribution < 1.29 is 27.1 Å². The second-order valence-corrected chi connectivity index (χ2v) is 9.46. The number of nitrogens with one attached hydrogen (secondary N) is 1. The Morgan fingerprint density at radius 2 is 1.91 bits per heavy atom. The van der Waals surface area contributed by atoms with Crippen LogP contribution >= 0.6 is 0 Å². The molecule has 2 aromatic carbocycles. The molecule has 1 aromatic heterocycles. The third-order valence-corrected chi connectivity index (χ3v) is 7.15. The Morgan fingerprint density at radius 3 is 2.58 bits per heavy atom. The third-order valence-electron chi connectivity index (χ3n) is 5.74. The zero-order valence-corrected chi connectivity index (χ0v) is 19.3. The summed E-state index contributed by atoms with van der Waals surface area (Å²) < 4.78 is 43.6. The van der Waals surface area contributed by atoms with Crippen molar-refractivity contribution >= 4 is 15.9 Å². The van der Waals surface area contributed by atoms with Crippen LogP contribution in [0.5, 0.6) is 11.5 Å². The number of furan rings is 1. The normalized spacial score (nSPS) is 16.1. The molecule has 0 radical (unpaired) electrons. The van der Waals surface area contributed by atoms with Gasteiger partial charge in [0.15, 0.2) is 0 Å². The molecule has 3 aromatic rings. The smallest absolute Gasteiger partial charge is 0.254 e. The van der Waals surface area contributed by atoms with Gasteiger partial charge in [-0.2, -0.15) is 0 Å². The van der Waals surface area contributed by atoms with Crippen molar-refractivity contribution in [1.82, 2.24) is 9.62 Å². The zero-order valence-electron chi connectivity index (χ0n) is 18.5. The van der Waals surface area contributed by atoms with E-state index in [0.717, 1.165) is 18.4 Å². The van der Waals surface area contributed by atoms with Crippen LogP contribution in [0.1, 0.15) is 40.6 Å². The minimum Gasteiger partial charge on any atom is -0.497 e. The number of rotatable bonds is 8. The molecule has 0 aliphatic carbocycles. The number of nitrogens with zero attached hydrogens (tertiary/aromatic N) is 1. The van der Waals surface area contributed by atoms with Gasteiger partial charge in [-0.1, -0.05) is 0 Å². The summed E-state index contributed by atoms with van der Waals surface area (Å²) in [7, 11) is -0.532. The van der Waals surface area contributed by atoms with Gasteiger partial charge in [-0.3, -0.25) is 4.79 Å². The van der Waals surface area contributed by atoms with E-state index in [4.69, 9.17) is 13.9 Å². The maximum absolute atomic E-state index is 13.3. The standard InChI is InChI=1S/C24H26N2O6S/c1-30-18-9-12-23(31-2)21(15-18)22-6-3-13-26(22)24(27)17-7-10-20(11-8-17)33(28,29)25-16-19-5-4-14-32-19/h4-5,7-12,14-15,22,25H,3,6,13,16H2,1-2H3/t22-/m0/s1. The summed E-state index contributed by atoms with van der Waals surface area (Å²) in [5.74, 6) is 1.75. The predicted molar refractivity (Wildman–Crippen MR) is 122 cm³/mol. The van der Waals surface area contributed by atoms with Crippen molar-refractivity contribution in [3.63, 3.8) is 0 Å². The monoisotopic (exact) mass is 470 g/mol. The summed E-state index contributed by atoms with van der Waals surface area (Å²) >= 11 is 0. The van der Waals surface area contributed by atoms with Crippen molar-refractivity contribution in [2.45, 2.75) is 30.3 Å². The summed E-state index contributed by atoms with van der Waals surface area (Å²) in [6.07, 6.45) is 3.15. The Labute approximate surface area is 193 Å². The average molecular weight is 471 g/mol. The van der Waals surface area contributed by atoms with Crippen LogP contribution in [0.25, 0.3) is 0 Å². The van der Waals surface area contributed by atoms with E-state index in [1.165, 1.54) is 18.4 Å². The van der Waals surface area contributed by atoms with Crippen LogP contribution in [0.2, 0.25) is 0 Å². The Bertz CT molecular complexity index is 1210. The topological polar surface area (TPSA) is 98.1 Å². The Kier molecular flexibility index (Phi) is 6.71. The molecule has 2 heterocycles. The first kappa shape index (κ1) is 22.9. The van der Waals surface area contributed by atoms with E-state index in [1.807, 2.05) is 18.2 Å². The largest absolute Gasteiger partial charge is 0.497 e. The third kappa shape index (κ3) is 4.89. The lowest BCUT2D eigenvalue weighted by molar-refractivity contribution is 0.0734. The molecule has 1 fully saturated rings. The molecule has 0 unspecified atom stereocenters. The first-order chi connectivity index (χ1) is 15.9. The fourth-order valence-electron chi connectivity index (χ4n) is 4.04. The predicted octanol–water partition coefficient (Wildman–Crippen LogP) is 3.75. The molecule has 9 heteroatoms. The quantitative estimate of drug-likeness (QED) is 0.538. The lowest BCUT2D eigenvalue weighted by Crippen LogP contribution is -2.31. The zero-order chi connectivity index (χ0) is 23.4. The Balaban J connectivity index is 1.52. The highest BCUT2D eigenvalue weighted by Gasteiger charge is 2.33. The highest BCUT2D eigenvalue weighted by atomic mass is 32.2. The maximum atomic E-state index is 13.3. The number of ether oxygens (including phenoxy) is 2. The molecule has 4 rings (SSSR count). The van der Waals surface area contributed by atoms with Crippen molar-refractivity contribution in [1.29, 1.82) is 0 Å². The molecule has 174 valence electrons. The van der Waals surface area contributed by atoms with E-state index in [1.54, 1.807) is 43.4 Å². The Morgan fingerprint density at radius 1 is 1.12 bits per heavy atom. The second-order valence-electron chi connectivity index (χ2n) is 7.69. The molecule has 0 spiro atoms. The number of carbonyl (C=O) groups excluding carboxylic acids is 1. The van der Waals surface area contributed by atoms with Crippen molar-refractivity contribution in [3.05, 3.63) is 77.7 Å². The van der Waals surface area contributed by atoms with Gasteiger partial charge in [0.25, 0.3) is 5.91 Å². The van der Waals surface area contributed by atoms with Crippen LogP contribution in [0, 0.1) is 0 Å². The molecule has 0 bridgehead atoms. The van der Waals surface area contributed by atoms with Crippen LogP contribution in [-0.4, -0.2) is 40.0 Å². The van der Waals surface area contributed by atoms with E-state index in [2.05, 4.69) is 4.72 Å². The van der Waals surface area contributed by atoms with Gasteiger partial charge < -0.3 is 18.8 Å². The minimum atomic E-state index is -3.73. The molecule has 1 amide bonds. The summed E-state index contributed by atoms with van der Waals surface area (Å²) in [5.41, 5.74) is 1.32. The van der Waals surface area contributed by atoms with E-state index in [-0.39, 0.29) is 23.4 Å². The van der Waals surface area contributed by atoms with Gasteiger partial charge in [-0.15, -0.1) is 0 Å². The average Bonchev–Trinajstić information content (AvgIpc) is 3.54. The van der Waals surface area contributed by atoms with Crippen molar-refractivity contribution in [2.24, 2.45) is 0 Å². The molecule has 1 saturated heterocycles. The van der Waals surface area contributed by atoms with Crippen LogP contribution in [0.3, 0.4) is 0 Å². The first-order valence-electron chi connectivity index (χ1n) is 10.6. The van der Waals surface area contributed by atoms with Crippen molar-refractivity contribution in [2.75, 3.05) is 20.8 Å². The highest BCUT2D eigenvalue weighted by Crippen LogP contribution is 2.39. The van der Waals surface area contributed by atoms with E-state index < -0.39 is 10.0 Å². The number of amides is 1. The minimum absolute atomic E-state index is 0.0494. The number of benzene rings is 2. The molecular formula is C24H26N2O6S. The van der Waals surface area contributed by atoms with Gasteiger partial charge in [0, 0.05) is 17.7 Å². The van der Waals surface area contributed by atoms with Gasteiger partial charge in [0.1, 0.15) is 17.3 Å². The van der Waals surface area contributed by atoms with E-state index in [9.17, 15) is 13.2 Å². The number of methoxy groups -OCH3 is 2. The number of hydrogen-bond acceptors (Lipinski definition) is 6. The Hall–Kier alpha value is -3.30. The summed E-state index contributed by atoms with van der Waals surface area (Å²) in [6, 6.07) is 14.8. The summed E-state index contributed by atoms with van der Waals surface area (Å²) in [4.78, 5) is 15.2. The SMILES string of the molecule is COc1ccc(OC)c([C@@H]2CCCN2C(=O)c2ccc(S(=O)(=O)NCc3ccco3)cc2)c1. The van der Waals surface area contributed by atoms with Gasteiger partial charge in [0.05, 0.1) is 38.0 Å². The number of hydrogen-bond donors (Lipinski definition) is 1. The van der Waals surface area contributed by atoms with Gasteiger partial charge >= 0.3 is 0 Å². The van der Waals surface area contributed by atoms with Crippen LogP contribution < -0.4 is 14.2 Å². The van der Waals surface area contributed by atoms with Gasteiger partial charge in [-0.25, -0.2) is 13.1 Å². The van der Waals surface area contributed by atoms with Gasteiger partial charge in [0.2, 0.25) is 10.0 Å². The highest BCUT2D eigenvalue weighted by molar-refractivity contribution is 7.89. The number of carbonyl (C=O) groups is 1. The number of likely N-dealkylation sites (tertiary alicyclic amines) is 1. The van der Waals surface area contributed by atoms with Crippen LogP contribution in [0.4, 0.5) is 0 Å². The first-order valence-corrected chi connectivity index (χ1v) is 12.1. The van der Waals surface area contributed by atoms with Crippen molar-refractivity contribution in [3.8, 4) is 11.5 Å². The molecule has 8 nitrogen and oxygen atoms in total. The summed E-state index contributed by atoms with van der Waals surface area (Å²) in [5, 5.41) is 0. The fourth-order valence-corrected chi connectivity index (χ4v) is 5.03. The van der Waals surface area contributed by atoms with Gasteiger partial charge in [-0.05, 0) is 67.4 Å². The molecule has 1 N–H and O–H groups in total. The fraction of sp³-hybridized carbons (Fsp3) is 0.292. The lowest BCUT2D eigenvalue weighted by Gasteiger charge is -2.27. The molecule has 0 saturated carbocycles. The van der Waals surface area contributed by atoms with Crippen LogP contribution in [0.15, 0.2) is 70.2 Å². The molecule has 1 aliphatic heterocycles. The molecule has 1 aliphatic rings. The summed E-state index contributed by atoms with van der Waals surface area (Å²) in [6.45, 7) is 0.655. The van der Waals surface area contributed by atoms with E-state index >= 15 is 0 Å². The lowest BCUT2D eigenvalue weighted by atomic mass is 10.0. The molecular weight excluding hydrogens is 444 g/mol. The van der Waals surface area contributed by atoms with E-state index in [0.29, 0.717) is 29.4 Å².